The van der Waals surface area contributed by atoms with E-state index in [1.54, 1.807) is 21.9 Å². The summed E-state index contributed by atoms with van der Waals surface area (Å²) < 4.78 is 26.6. The van der Waals surface area contributed by atoms with Crippen molar-refractivity contribution in [2.45, 2.75) is 44.6 Å². The molecule has 0 bridgehead atoms. The van der Waals surface area contributed by atoms with Crippen LogP contribution in [0.4, 0.5) is 13.6 Å². The molecule has 3 unspecified atom stereocenters. The number of nitrogens with one attached hydrogen (secondary N) is 1. The Kier molecular flexibility index (Phi) is 5.57. The Balaban J connectivity index is 1.41. The lowest BCUT2D eigenvalue weighted by Gasteiger charge is -2.48. The average molecular weight is 454 g/mol. The summed E-state index contributed by atoms with van der Waals surface area (Å²) in [5.74, 6) is -1.49. The molecule has 172 valence electrons. The van der Waals surface area contributed by atoms with E-state index in [0.717, 1.165) is 24.8 Å². The van der Waals surface area contributed by atoms with E-state index in [1.165, 1.54) is 41.4 Å². The Morgan fingerprint density at radius 2 is 1.58 bits per heavy atom. The summed E-state index contributed by atoms with van der Waals surface area (Å²) in [6, 6.07) is 10.5. The molecule has 0 spiro atoms. The second-order valence-corrected chi connectivity index (χ2v) is 8.76. The first kappa shape index (κ1) is 21.5. The third-order valence-electron chi connectivity index (χ3n) is 6.70. The van der Waals surface area contributed by atoms with Gasteiger partial charge in [-0.2, -0.15) is 5.43 Å². The van der Waals surface area contributed by atoms with Crippen molar-refractivity contribution in [1.82, 2.24) is 20.2 Å². The summed E-state index contributed by atoms with van der Waals surface area (Å²) in [4.78, 5) is 42.8. The molecule has 5 rings (SSSR count). The summed E-state index contributed by atoms with van der Waals surface area (Å²) in [5.41, 5.74) is 4.09. The van der Waals surface area contributed by atoms with Crippen molar-refractivity contribution < 1.29 is 23.2 Å². The molecule has 2 aliphatic heterocycles. The van der Waals surface area contributed by atoms with Gasteiger partial charge in [-0.05, 0) is 54.8 Å². The smallest absolute Gasteiger partial charge is 0.303 e. The second-order valence-electron chi connectivity index (χ2n) is 8.76. The number of carbonyl (C=O) groups is 3. The maximum atomic E-state index is 13.4. The third-order valence-corrected chi connectivity index (χ3v) is 6.70. The van der Waals surface area contributed by atoms with Crippen molar-refractivity contribution in [1.29, 1.82) is 0 Å². The second kappa shape index (κ2) is 8.55. The number of halogens is 2. The molecule has 1 saturated carbocycles. The fraction of sp³-hybridized carbons (Fsp3) is 0.375. The van der Waals surface area contributed by atoms with Crippen molar-refractivity contribution in [2.24, 2.45) is 5.92 Å². The van der Waals surface area contributed by atoms with Gasteiger partial charge in [-0.15, -0.1) is 0 Å². The summed E-state index contributed by atoms with van der Waals surface area (Å²) in [6.45, 7) is -0.0308. The summed E-state index contributed by atoms with van der Waals surface area (Å²) in [6.07, 6.45) is 2.55. The van der Waals surface area contributed by atoms with Gasteiger partial charge in [-0.3, -0.25) is 14.5 Å². The van der Waals surface area contributed by atoms with E-state index in [2.05, 4.69) is 5.43 Å². The zero-order valence-corrected chi connectivity index (χ0v) is 17.9. The molecule has 2 saturated heterocycles. The Hall–Kier alpha value is -3.33. The molecule has 1 N–H and O–H groups in total. The molecule has 9 heteroatoms. The van der Waals surface area contributed by atoms with Crippen LogP contribution in [0.25, 0.3) is 0 Å². The highest BCUT2D eigenvalue weighted by molar-refractivity contribution is 5.99. The maximum absolute atomic E-state index is 13.4. The molecule has 3 aliphatic rings. The van der Waals surface area contributed by atoms with Gasteiger partial charge < -0.3 is 4.90 Å². The lowest BCUT2D eigenvalue weighted by molar-refractivity contribution is -0.157. The van der Waals surface area contributed by atoms with Crippen LogP contribution in [0.15, 0.2) is 48.5 Å². The Morgan fingerprint density at radius 1 is 0.939 bits per heavy atom. The number of nitrogens with zero attached hydrogens (tertiary/aromatic N) is 3. The minimum atomic E-state index is -0.726. The largest absolute Gasteiger partial charge is 0.337 e. The van der Waals surface area contributed by atoms with Crippen LogP contribution >= 0.6 is 0 Å². The minimum Gasteiger partial charge on any atom is -0.303 e. The number of hydrogen-bond donors (Lipinski definition) is 1. The van der Waals surface area contributed by atoms with E-state index >= 15 is 0 Å². The number of ketones is 1. The van der Waals surface area contributed by atoms with Gasteiger partial charge in [0.2, 0.25) is 5.91 Å². The molecule has 3 fully saturated rings. The number of hydrogen-bond acceptors (Lipinski definition) is 4. The van der Waals surface area contributed by atoms with E-state index in [-0.39, 0.29) is 48.6 Å². The average Bonchev–Trinajstić information content (AvgIpc) is 3.14. The lowest BCUT2D eigenvalue weighted by atomic mass is 9.81. The molecule has 0 aromatic heterocycles. The van der Waals surface area contributed by atoms with Crippen LogP contribution < -0.4 is 5.43 Å². The van der Waals surface area contributed by atoms with Crippen LogP contribution in [0.5, 0.6) is 0 Å². The molecule has 7 nitrogen and oxygen atoms in total. The quantitative estimate of drug-likeness (QED) is 0.704. The number of carbonyl (C=O) groups excluding carboxylic acids is 3. The van der Waals surface area contributed by atoms with Gasteiger partial charge >= 0.3 is 6.03 Å². The number of benzene rings is 2. The number of rotatable bonds is 5. The van der Waals surface area contributed by atoms with Crippen molar-refractivity contribution in [3.8, 4) is 0 Å². The number of fused-ring (bicyclic) bond motifs is 3. The molecule has 0 radical (unpaired) electrons. The van der Waals surface area contributed by atoms with Gasteiger partial charge in [0.05, 0.1) is 5.92 Å². The Labute approximate surface area is 189 Å². The Bertz CT molecular complexity index is 1080. The SMILES string of the molecule is O=C(CN1NC2N(Cc3ccc(F)cc3)C(=O)C3CCCCC3N2C1=O)c1ccc(F)cc1. The summed E-state index contributed by atoms with van der Waals surface area (Å²) in [7, 11) is 0. The molecule has 33 heavy (non-hydrogen) atoms. The zero-order valence-electron chi connectivity index (χ0n) is 17.9. The van der Waals surface area contributed by atoms with Gasteiger partial charge in [0.1, 0.15) is 18.2 Å². The molecule has 3 atom stereocenters. The molecule has 2 heterocycles. The number of hydrazine groups is 1. The van der Waals surface area contributed by atoms with Crippen molar-refractivity contribution in [3.05, 3.63) is 71.3 Å². The molecule has 2 aromatic rings. The molecule has 2 aromatic carbocycles. The van der Waals surface area contributed by atoms with Crippen molar-refractivity contribution in [3.63, 3.8) is 0 Å². The predicted octanol–water partition coefficient (Wildman–Crippen LogP) is 3.27. The van der Waals surface area contributed by atoms with Gasteiger partial charge in [0, 0.05) is 18.2 Å². The fourth-order valence-corrected chi connectivity index (χ4v) is 5.04. The van der Waals surface area contributed by atoms with Crippen LogP contribution in [0.1, 0.15) is 41.6 Å². The van der Waals surface area contributed by atoms with Gasteiger partial charge in [-0.1, -0.05) is 25.0 Å². The van der Waals surface area contributed by atoms with E-state index in [0.29, 0.717) is 12.0 Å². The fourth-order valence-electron chi connectivity index (χ4n) is 5.04. The first-order valence-electron chi connectivity index (χ1n) is 11.1. The standard InChI is InChI=1S/C24H24F2N4O3/c25-17-9-5-15(6-10-17)13-28-22(32)19-3-1-2-4-20(19)30-23(28)27-29(24(30)33)14-21(31)16-7-11-18(26)12-8-16/h5-12,19-20,23,27H,1-4,13-14H2. The van der Waals surface area contributed by atoms with E-state index in [9.17, 15) is 23.2 Å². The Morgan fingerprint density at radius 3 is 2.27 bits per heavy atom. The maximum Gasteiger partial charge on any atom is 0.337 e. The van der Waals surface area contributed by atoms with E-state index < -0.39 is 12.1 Å². The number of amides is 3. The van der Waals surface area contributed by atoms with Crippen molar-refractivity contribution in [2.75, 3.05) is 6.54 Å². The van der Waals surface area contributed by atoms with Crippen LogP contribution in [0.2, 0.25) is 0 Å². The first-order chi connectivity index (χ1) is 15.9. The summed E-state index contributed by atoms with van der Waals surface area (Å²) >= 11 is 0. The number of Topliss-reactive ketones (excluding diaryl/α,β-unsaturated/α-hetero) is 1. The first-order valence-corrected chi connectivity index (χ1v) is 11.1. The molecular weight excluding hydrogens is 430 g/mol. The predicted molar refractivity (Wildman–Crippen MR) is 114 cm³/mol. The molecule has 1 aliphatic carbocycles. The molecular formula is C24H24F2N4O3. The van der Waals surface area contributed by atoms with Crippen LogP contribution in [-0.2, 0) is 11.3 Å². The van der Waals surface area contributed by atoms with Crippen LogP contribution in [0, 0.1) is 17.6 Å². The highest BCUT2D eigenvalue weighted by Gasteiger charge is 2.54. The van der Waals surface area contributed by atoms with Crippen molar-refractivity contribution >= 4 is 17.7 Å². The topological polar surface area (TPSA) is 73.0 Å². The summed E-state index contributed by atoms with van der Waals surface area (Å²) in [5, 5.41) is 1.23. The van der Waals surface area contributed by atoms with Crippen LogP contribution in [0.3, 0.4) is 0 Å². The molecule has 3 amide bonds. The van der Waals surface area contributed by atoms with E-state index in [4.69, 9.17) is 0 Å². The lowest BCUT2D eigenvalue weighted by Crippen LogP contribution is -2.65. The minimum absolute atomic E-state index is 0.0442. The van der Waals surface area contributed by atoms with Gasteiger partial charge in [-0.25, -0.2) is 18.6 Å². The zero-order chi connectivity index (χ0) is 23.1. The highest BCUT2D eigenvalue weighted by atomic mass is 19.1. The highest BCUT2D eigenvalue weighted by Crippen LogP contribution is 2.38. The third kappa shape index (κ3) is 3.97. The number of urea groups is 1. The monoisotopic (exact) mass is 454 g/mol. The van der Waals surface area contributed by atoms with Gasteiger partial charge in [0.15, 0.2) is 12.1 Å². The van der Waals surface area contributed by atoms with Crippen LogP contribution in [-0.4, -0.2) is 51.4 Å². The normalized spacial score (nSPS) is 24.7. The van der Waals surface area contributed by atoms with E-state index in [1.807, 2.05) is 0 Å². The van der Waals surface area contributed by atoms with Gasteiger partial charge in [0.25, 0.3) is 0 Å².